The van der Waals surface area contributed by atoms with E-state index in [1.807, 2.05) is 35.8 Å². The number of hydrogen-bond donors (Lipinski definition) is 0. The van der Waals surface area contributed by atoms with E-state index in [1.165, 1.54) is 17.3 Å². The molecule has 0 aliphatic heterocycles. The quantitative estimate of drug-likeness (QED) is 0.341. The molecule has 8 heteroatoms. The SMILES string of the molecule is CCCc1noc([C@H](C)Sc2nnc(-c3ccccc3OC)n2-c2ccc(C)cc2)n1. The van der Waals surface area contributed by atoms with Crippen LogP contribution in [0.3, 0.4) is 0 Å². The van der Waals surface area contributed by atoms with Gasteiger partial charge in [-0.2, -0.15) is 4.98 Å². The molecular weight excluding hydrogens is 410 g/mol. The van der Waals surface area contributed by atoms with Crippen LogP contribution in [-0.4, -0.2) is 32.0 Å². The summed E-state index contributed by atoms with van der Waals surface area (Å²) in [6.07, 6.45) is 1.78. The maximum absolute atomic E-state index is 5.57. The van der Waals surface area contributed by atoms with Crippen molar-refractivity contribution < 1.29 is 9.26 Å². The smallest absolute Gasteiger partial charge is 0.239 e. The second-order valence-corrected chi connectivity index (χ2v) is 8.54. The summed E-state index contributed by atoms with van der Waals surface area (Å²) in [5.41, 5.74) is 3.04. The fourth-order valence-electron chi connectivity index (χ4n) is 3.24. The van der Waals surface area contributed by atoms with Crippen LogP contribution in [0.5, 0.6) is 5.75 Å². The van der Waals surface area contributed by atoms with Crippen molar-refractivity contribution in [2.45, 2.75) is 44.0 Å². The fraction of sp³-hybridized carbons (Fsp3) is 0.304. The lowest BCUT2D eigenvalue weighted by Gasteiger charge is -2.13. The van der Waals surface area contributed by atoms with Crippen molar-refractivity contribution in [2.75, 3.05) is 7.11 Å². The van der Waals surface area contributed by atoms with Crippen LogP contribution < -0.4 is 4.74 Å². The Morgan fingerprint density at radius 3 is 2.61 bits per heavy atom. The molecule has 0 N–H and O–H groups in total. The highest BCUT2D eigenvalue weighted by Crippen LogP contribution is 2.38. The predicted molar refractivity (Wildman–Crippen MR) is 121 cm³/mol. The number of ether oxygens (including phenoxy) is 1. The summed E-state index contributed by atoms with van der Waals surface area (Å²) in [6.45, 7) is 6.20. The zero-order valence-electron chi connectivity index (χ0n) is 18.1. The maximum Gasteiger partial charge on any atom is 0.239 e. The summed E-state index contributed by atoms with van der Waals surface area (Å²) >= 11 is 1.53. The molecule has 0 aliphatic rings. The lowest BCUT2D eigenvalue weighted by Crippen LogP contribution is -2.02. The number of benzene rings is 2. The zero-order chi connectivity index (χ0) is 21.8. The number of rotatable bonds is 8. The highest BCUT2D eigenvalue weighted by Gasteiger charge is 2.23. The van der Waals surface area contributed by atoms with E-state index in [1.54, 1.807) is 7.11 Å². The average Bonchev–Trinajstić information content (AvgIpc) is 3.42. The Labute approximate surface area is 185 Å². The highest BCUT2D eigenvalue weighted by molar-refractivity contribution is 7.99. The van der Waals surface area contributed by atoms with Gasteiger partial charge in [-0.3, -0.25) is 4.57 Å². The first-order chi connectivity index (χ1) is 15.1. The predicted octanol–water partition coefficient (Wildman–Crippen LogP) is 5.44. The lowest BCUT2D eigenvalue weighted by atomic mass is 10.1. The summed E-state index contributed by atoms with van der Waals surface area (Å²) in [4.78, 5) is 4.53. The van der Waals surface area contributed by atoms with Gasteiger partial charge in [0, 0.05) is 12.1 Å². The molecule has 0 bridgehead atoms. The van der Waals surface area contributed by atoms with Gasteiger partial charge >= 0.3 is 0 Å². The number of aromatic nitrogens is 5. The van der Waals surface area contributed by atoms with Gasteiger partial charge in [-0.15, -0.1) is 10.2 Å². The van der Waals surface area contributed by atoms with Crippen LogP contribution in [0.1, 0.15) is 42.8 Å². The second-order valence-electron chi connectivity index (χ2n) is 7.24. The van der Waals surface area contributed by atoms with E-state index in [0.29, 0.717) is 11.7 Å². The Morgan fingerprint density at radius 2 is 1.87 bits per heavy atom. The van der Waals surface area contributed by atoms with Gasteiger partial charge < -0.3 is 9.26 Å². The molecule has 0 radical (unpaired) electrons. The average molecular weight is 436 g/mol. The van der Waals surface area contributed by atoms with Crippen LogP contribution in [0, 0.1) is 6.92 Å². The minimum Gasteiger partial charge on any atom is -0.496 e. The zero-order valence-corrected chi connectivity index (χ0v) is 18.9. The third-order valence-corrected chi connectivity index (χ3v) is 5.89. The first-order valence-corrected chi connectivity index (χ1v) is 11.1. The molecule has 7 nitrogen and oxygen atoms in total. The summed E-state index contributed by atoms with van der Waals surface area (Å²) in [6, 6.07) is 16.1. The largest absolute Gasteiger partial charge is 0.496 e. The van der Waals surface area contributed by atoms with Crippen LogP contribution in [0.4, 0.5) is 0 Å². The molecule has 31 heavy (non-hydrogen) atoms. The Bertz CT molecular complexity index is 1150. The molecule has 0 amide bonds. The summed E-state index contributed by atoms with van der Waals surface area (Å²) in [5.74, 6) is 2.78. The topological polar surface area (TPSA) is 78.9 Å². The highest BCUT2D eigenvalue weighted by atomic mass is 32.2. The van der Waals surface area contributed by atoms with E-state index in [0.717, 1.165) is 40.8 Å². The Kier molecular flexibility index (Phi) is 6.36. The Hall–Kier alpha value is -3.13. The molecule has 0 fully saturated rings. The van der Waals surface area contributed by atoms with Gasteiger partial charge in [0.25, 0.3) is 0 Å². The minimum atomic E-state index is -0.0722. The molecular formula is C23H25N5O2S. The monoisotopic (exact) mass is 435 g/mol. The maximum atomic E-state index is 5.57. The number of para-hydroxylation sites is 1. The molecule has 2 aromatic carbocycles. The van der Waals surface area contributed by atoms with Gasteiger partial charge in [-0.25, -0.2) is 0 Å². The van der Waals surface area contributed by atoms with Gasteiger partial charge in [-0.1, -0.05) is 53.7 Å². The normalized spacial score (nSPS) is 12.1. The molecule has 2 aromatic heterocycles. The van der Waals surface area contributed by atoms with Crippen LogP contribution in [0.25, 0.3) is 17.1 Å². The molecule has 160 valence electrons. The third kappa shape index (κ3) is 4.49. The Morgan fingerprint density at radius 1 is 1.10 bits per heavy atom. The lowest BCUT2D eigenvalue weighted by molar-refractivity contribution is 0.374. The summed E-state index contributed by atoms with van der Waals surface area (Å²) in [5, 5.41) is 13.8. The van der Waals surface area contributed by atoms with Crippen molar-refractivity contribution in [3.63, 3.8) is 0 Å². The first-order valence-electron chi connectivity index (χ1n) is 10.3. The molecule has 0 unspecified atom stereocenters. The van der Waals surface area contributed by atoms with Gasteiger partial charge in [0.15, 0.2) is 16.8 Å². The third-order valence-electron chi connectivity index (χ3n) is 4.86. The molecule has 4 aromatic rings. The standard InChI is InChI=1S/C23H25N5O2S/c1-5-8-20-24-22(30-27-20)16(3)31-23-26-25-21(18-9-6-7-10-19(18)29-4)28(23)17-13-11-15(2)12-14-17/h6-7,9-14,16H,5,8H2,1-4H3/t16-/m0/s1. The van der Waals surface area contributed by atoms with E-state index >= 15 is 0 Å². The Balaban J connectivity index is 1.75. The van der Waals surface area contributed by atoms with E-state index in [4.69, 9.17) is 9.26 Å². The van der Waals surface area contributed by atoms with Gasteiger partial charge in [0.1, 0.15) is 5.75 Å². The van der Waals surface area contributed by atoms with Crippen molar-refractivity contribution in [1.82, 2.24) is 24.9 Å². The van der Waals surface area contributed by atoms with Crippen LogP contribution in [0.15, 0.2) is 58.2 Å². The molecule has 0 saturated carbocycles. The first kappa shape index (κ1) is 21.1. The molecule has 4 rings (SSSR count). The summed E-state index contributed by atoms with van der Waals surface area (Å²) in [7, 11) is 1.66. The summed E-state index contributed by atoms with van der Waals surface area (Å²) < 4.78 is 13.1. The van der Waals surface area contributed by atoms with Crippen molar-refractivity contribution in [3.8, 4) is 22.8 Å². The van der Waals surface area contributed by atoms with Crippen LogP contribution in [-0.2, 0) is 6.42 Å². The number of thioether (sulfide) groups is 1. The van der Waals surface area contributed by atoms with Crippen LogP contribution in [0.2, 0.25) is 0 Å². The fourth-order valence-corrected chi connectivity index (χ4v) is 4.14. The van der Waals surface area contributed by atoms with E-state index < -0.39 is 0 Å². The molecule has 2 heterocycles. The van der Waals surface area contributed by atoms with Crippen molar-refractivity contribution >= 4 is 11.8 Å². The van der Waals surface area contributed by atoms with Crippen molar-refractivity contribution in [3.05, 3.63) is 65.8 Å². The minimum absolute atomic E-state index is 0.0722. The van der Waals surface area contributed by atoms with Gasteiger partial charge in [0.05, 0.1) is 17.9 Å². The van der Waals surface area contributed by atoms with E-state index in [-0.39, 0.29) is 5.25 Å². The van der Waals surface area contributed by atoms with Gasteiger partial charge in [-0.05, 0) is 44.5 Å². The van der Waals surface area contributed by atoms with Gasteiger partial charge in [0.2, 0.25) is 5.89 Å². The molecule has 0 aliphatic carbocycles. The molecule has 0 spiro atoms. The second kappa shape index (κ2) is 9.34. The molecule has 0 saturated heterocycles. The molecule has 1 atom stereocenters. The van der Waals surface area contributed by atoms with Crippen LogP contribution >= 0.6 is 11.8 Å². The number of aryl methyl sites for hydroxylation is 2. The number of nitrogens with zero attached hydrogens (tertiary/aromatic N) is 5. The van der Waals surface area contributed by atoms with E-state index in [2.05, 4.69) is 58.5 Å². The van der Waals surface area contributed by atoms with Crippen molar-refractivity contribution in [2.24, 2.45) is 0 Å². The number of methoxy groups -OCH3 is 1. The number of hydrogen-bond acceptors (Lipinski definition) is 7. The van der Waals surface area contributed by atoms with Crippen molar-refractivity contribution in [1.29, 1.82) is 0 Å². The van der Waals surface area contributed by atoms with E-state index in [9.17, 15) is 0 Å².